The van der Waals surface area contributed by atoms with Crippen LogP contribution in [0.1, 0.15) is 6.42 Å². The summed E-state index contributed by atoms with van der Waals surface area (Å²) in [6, 6.07) is 6.71. The van der Waals surface area contributed by atoms with Crippen LogP contribution in [0.25, 0.3) is 0 Å². The molecule has 0 aliphatic rings. The molecule has 0 fully saturated rings. The quantitative estimate of drug-likeness (QED) is 0.323. The van der Waals surface area contributed by atoms with Gasteiger partial charge in [0.15, 0.2) is 0 Å². The van der Waals surface area contributed by atoms with Gasteiger partial charge in [-0.1, -0.05) is 0 Å². The lowest BCUT2D eigenvalue weighted by Gasteiger charge is -2.13. The van der Waals surface area contributed by atoms with Crippen molar-refractivity contribution in [1.82, 2.24) is 5.32 Å². The third kappa shape index (κ3) is 6.32. The van der Waals surface area contributed by atoms with Crippen LogP contribution < -0.4 is 10.6 Å². The van der Waals surface area contributed by atoms with Crippen molar-refractivity contribution in [3.05, 3.63) is 36.0 Å². The molecule has 1 aromatic rings. The fourth-order valence-electron chi connectivity index (χ4n) is 1.59. The van der Waals surface area contributed by atoms with Crippen LogP contribution in [0.5, 0.6) is 5.75 Å². The Kier molecular flexibility index (Phi) is 7.50. The number of nitrogens with one attached hydrogen (secondary N) is 2. The molecule has 0 spiro atoms. The Morgan fingerprint density at radius 1 is 1.39 bits per heavy atom. The largest absolute Gasteiger partial charge is 0.508 e. The molecule has 0 bridgehead atoms. The van der Waals surface area contributed by atoms with Crippen molar-refractivity contribution in [2.75, 3.05) is 17.3 Å². The molecule has 1 amide bonds. The highest BCUT2D eigenvalue weighted by Crippen LogP contribution is 2.14. The first-order valence-electron chi connectivity index (χ1n) is 6.66. The Hall–Kier alpha value is -2.66. The summed E-state index contributed by atoms with van der Waals surface area (Å²) in [5.41, 5.74) is 0.328. The molecule has 1 atom stereocenters. The molecule has 4 N–H and O–H groups in total. The maximum atomic E-state index is 12.0. The number of anilines is 1. The van der Waals surface area contributed by atoms with Gasteiger partial charge in [0.25, 0.3) is 5.91 Å². The number of carbonyl (C=O) groups excluding carboxylic acids is 1. The van der Waals surface area contributed by atoms with Gasteiger partial charge < -0.3 is 20.8 Å². The summed E-state index contributed by atoms with van der Waals surface area (Å²) in [5, 5.41) is 32.3. The lowest BCUT2D eigenvalue weighted by Crippen LogP contribution is -2.41. The number of hydrogen-bond acceptors (Lipinski definition) is 6. The summed E-state index contributed by atoms with van der Waals surface area (Å²) in [5.74, 6) is -1.23. The number of nitrogens with zero attached hydrogens (tertiary/aromatic N) is 1. The molecule has 0 saturated heterocycles. The number of hydrogen-bond donors (Lipinski definition) is 4. The van der Waals surface area contributed by atoms with Crippen LogP contribution in [0.3, 0.4) is 0 Å². The van der Waals surface area contributed by atoms with Crippen LogP contribution in [0.4, 0.5) is 5.69 Å². The molecule has 1 rings (SSSR count). The predicted molar refractivity (Wildman–Crippen MR) is 88.0 cm³/mol. The second kappa shape index (κ2) is 9.38. The lowest BCUT2D eigenvalue weighted by atomic mass is 10.2. The normalized spacial score (nSPS) is 12.1. The van der Waals surface area contributed by atoms with Crippen LogP contribution in [-0.2, 0) is 9.59 Å². The molecule has 0 radical (unpaired) electrons. The number of carbonyl (C=O) groups is 2. The zero-order valence-electron chi connectivity index (χ0n) is 12.4. The number of nitriles is 1. The molecule has 0 heterocycles. The minimum atomic E-state index is -1.14. The molecule has 122 valence electrons. The fourth-order valence-corrected chi connectivity index (χ4v) is 2.06. The highest BCUT2D eigenvalue weighted by atomic mass is 32.2. The van der Waals surface area contributed by atoms with Crippen molar-refractivity contribution in [3.63, 3.8) is 0 Å². The van der Waals surface area contributed by atoms with Crippen LogP contribution >= 0.6 is 11.8 Å². The van der Waals surface area contributed by atoms with Crippen molar-refractivity contribution in [2.24, 2.45) is 0 Å². The maximum Gasteiger partial charge on any atom is 0.326 e. The van der Waals surface area contributed by atoms with Gasteiger partial charge >= 0.3 is 5.97 Å². The van der Waals surface area contributed by atoms with Gasteiger partial charge in [0.05, 0.1) is 0 Å². The van der Waals surface area contributed by atoms with Gasteiger partial charge in [0.2, 0.25) is 0 Å². The van der Waals surface area contributed by atoms with Gasteiger partial charge in [0.1, 0.15) is 23.4 Å². The molecular weight excluding hydrogens is 318 g/mol. The predicted octanol–water partition coefficient (Wildman–Crippen LogP) is 1.53. The molecule has 8 heteroatoms. The van der Waals surface area contributed by atoms with Gasteiger partial charge in [-0.15, -0.1) is 0 Å². The third-order valence-corrected chi connectivity index (χ3v) is 3.47. The minimum absolute atomic E-state index is 0.0934. The number of aromatic hydroxyl groups is 1. The molecule has 0 aromatic heterocycles. The number of phenols is 1. The van der Waals surface area contributed by atoms with Crippen LogP contribution in [-0.4, -0.2) is 40.1 Å². The summed E-state index contributed by atoms with van der Waals surface area (Å²) in [7, 11) is 0. The zero-order valence-corrected chi connectivity index (χ0v) is 13.3. The summed E-state index contributed by atoms with van der Waals surface area (Å²) in [6.45, 7) is 0. The van der Waals surface area contributed by atoms with Crippen molar-refractivity contribution < 1.29 is 19.8 Å². The Morgan fingerprint density at radius 3 is 2.57 bits per heavy atom. The molecule has 0 aliphatic carbocycles. The number of aliphatic carboxylic acids is 1. The number of thioether (sulfide) groups is 1. The highest BCUT2D eigenvalue weighted by molar-refractivity contribution is 7.98. The second-order valence-electron chi connectivity index (χ2n) is 4.51. The third-order valence-electron chi connectivity index (χ3n) is 2.83. The SMILES string of the molecule is CSCCC(NC(=O)/C(C#N)=C\Nc1ccc(O)cc1)C(=O)O. The first-order chi connectivity index (χ1) is 11.0. The van der Waals surface area contributed by atoms with E-state index in [-0.39, 0.29) is 17.7 Å². The Morgan fingerprint density at radius 2 is 2.04 bits per heavy atom. The summed E-state index contributed by atoms with van der Waals surface area (Å²) >= 11 is 1.47. The highest BCUT2D eigenvalue weighted by Gasteiger charge is 2.21. The van der Waals surface area contributed by atoms with Crippen molar-refractivity contribution in [2.45, 2.75) is 12.5 Å². The van der Waals surface area contributed by atoms with E-state index in [0.29, 0.717) is 11.4 Å². The van der Waals surface area contributed by atoms with E-state index in [1.165, 1.54) is 30.1 Å². The lowest BCUT2D eigenvalue weighted by molar-refractivity contribution is -0.141. The second-order valence-corrected chi connectivity index (χ2v) is 5.49. The molecule has 23 heavy (non-hydrogen) atoms. The summed E-state index contributed by atoms with van der Waals surface area (Å²) in [6.07, 6.45) is 3.30. The number of amides is 1. The molecule has 0 saturated carbocycles. The fraction of sp³-hybridized carbons (Fsp3) is 0.267. The smallest absolute Gasteiger partial charge is 0.326 e. The minimum Gasteiger partial charge on any atom is -0.508 e. The van der Waals surface area contributed by atoms with Crippen LogP contribution in [0.2, 0.25) is 0 Å². The summed E-state index contributed by atoms with van der Waals surface area (Å²) in [4.78, 5) is 23.1. The number of rotatable bonds is 8. The van der Waals surface area contributed by atoms with E-state index < -0.39 is 17.9 Å². The van der Waals surface area contributed by atoms with E-state index in [2.05, 4.69) is 10.6 Å². The van der Waals surface area contributed by atoms with Gasteiger partial charge in [-0.25, -0.2) is 4.79 Å². The monoisotopic (exact) mass is 335 g/mol. The average molecular weight is 335 g/mol. The van der Waals surface area contributed by atoms with E-state index in [1.54, 1.807) is 18.2 Å². The van der Waals surface area contributed by atoms with E-state index in [9.17, 15) is 14.7 Å². The maximum absolute atomic E-state index is 12.0. The van der Waals surface area contributed by atoms with Crippen LogP contribution in [0.15, 0.2) is 36.0 Å². The van der Waals surface area contributed by atoms with E-state index in [4.69, 9.17) is 10.4 Å². The van der Waals surface area contributed by atoms with Gasteiger partial charge in [-0.05, 0) is 42.7 Å². The standard InChI is InChI=1S/C15H17N3O4S/c1-23-7-6-13(15(21)22)18-14(20)10(8-16)9-17-11-2-4-12(19)5-3-11/h2-5,9,13,17,19H,6-7H2,1H3,(H,18,20)(H,21,22)/b10-9-. The number of carboxylic acids is 1. The molecule has 0 aliphatic heterocycles. The Bertz CT molecular complexity index is 623. The number of carboxylic acid groups (broad SMARTS) is 1. The molecule has 1 unspecified atom stereocenters. The first kappa shape index (κ1) is 18.4. The van der Waals surface area contributed by atoms with Crippen molar-refractivity contribution in [3.8, 4) is 11.8 Å². The number of phenolic OH excluding ortho intramolecular Hbond substituents is 1. The first-order valence-corrected chi connectivity index (χ1v) is 8.05. The number of benzene rings is 1. The Balaban J connectivity index is 2.73. The summed E-state index contributed by atoms with van der Waals surface area (Å²) < 4.78 is 0. The Labute approximate surface area is 138 Å². The molecular formula is C15H17N3O4S. The zero-order chi connectivity index (χ0) is 17.2. The topological polar surface area (TPSA) is 122 Å². The van der Waals surface area contributed by atoms with E-state index in [1.807, 2.05) is 6.26 Å². The van der Waals surface area contributed by atoms with Gasteiger partial charge in [-0.3, -0.25) is 4.79 Å². The van der Waals surface area contributed by atoms with Crippen molar-refractivity contribution >= 4 is 29.3 Å². The van der Waals surface area contributed by atoms with Gasteiger partial charge in [-0.2, -0.15) is 17.0 Å². The van der Waals surface area contributed by atoms with E-state index >= 15 is 0 Å². The average Bonchev–Trinajstić information content (AvgIpc) is 2.53. The van der Waals surface area contributed by atoms with E-state index in [0.717, 1.165) is 0 Å². The molecule has 7 nitrogen and oxygen atoms in total. The van der Waals surface area contributed by atoms with Crippen LogP contribution in [0, 0.1) is 11.3 Å². The van der Waals surface area contributed by atoms with Gasteiger partial charge in [0, 0.05) is 11.9 Å². The van der Waals surface area contributed by atoms with Crippen molar-refractivity contribution in [1.29, 1.82) is 5.26 Å². The molecule has 1 aromatic carbocycles.